The molecule has 5 nitrogen and oxygen atoms in total. The maximum absolute atomic E-state index is 11.9. The van der Waals surface area contributed by atoms with E-state index in [1.54, 1.807) is 19.0 Å². The average Bonchev–Trinajstić information content (AvgIpc) is 2.09. The highest BCUT2D eigenvalue weighted by atomic mass is 19.4. The lowest BCUT2D eigenvalue weighted by Crippen LogP contribution is -2.47. The summed E-state index contributed by atoms with van der Waals surface area (Å²) in [6, 6.07) is -1.53. The monoisotopic (exact) mass is 242 g/mol. The van der Waals surface area contributed by atoms with Crippen molar-refractivity contribution in [3.8, 4) is 0 Å². The molecule has 0 spiro atoms. The summed E-state index contributed by atoms with van der Waals surface area (Å²) in [6.07, 6.45) is -5.16. The maximum atomic E-state index is 11.9. The van der Waals surface area contributed by atoms with Crippen molar-refractivity contribution in [3.05, 3.63) is 0 Å². The second kappa shape index (κ2) is 5.69. The highest BCUT2D eigenvalue weighted by Gasteiger charge is 2.40. The van der Waals surface area contributed by atoms with Crippen molar-refractivity contribution in [3.63, 3.8) is 0 Å². The Balaban J connectivity index is 4.35. The van der Waals surface area contributed by atoms with Crippen LogP contribution in [0.4, 0.5) is 13.2 Å². The number of carboxylic acids is 1. The van der Waals surface area contributed by atoms with E-state index in [9.17, 15) is 22.8 Å². The van der Waals surface area contributed by atoms with Gasteiger partial charge in [0, 0.05) is 6.54 Å². The standard InChI is InChI=1S/C8H13F3N2O3/c1-13(2)4-3-5(6(14)15)12-7(16)8(9,10)11/h5H,3-4H2,1-2H3,(H,12,16)(H,14,15). The molecular weight excluding hydrogens is 229 g/mol. The fourth-order valence-electron chi connectivity index (χ4n) is 0.885. The Bertz CT molecular complexity index is 266. The molecule has 0 saturated heterocycles. The minimum atomic E-state index is -5.06. The summed E-state index contributed by atoms with van der Waals surface area (Å²) < 4.78 is 35.6. The summed E-state index contributed by atoms with van der Waals surface area (Å²) in [5.41, 5.74) is 0. The molecule has 1 unspecified atom stereocenters. The molecule has 94 valence electrons. The fraction of sp³-hybridized carbons (Fsp3) is 0.750. The van der Waals surface area contributed by atoms with Gasteiger partial charge in [-0.1, -0.05) is 0 Å². The van der Waals surface area contributed by atoms with Gasteiger partial charge in [0.25, 0.3) is 0 Å². The van der Waals surface area contributed by atoms with Crippen LogP contribution in [0.1, 0.15) is 6.42 Å². The van der Waals surface area contributed by atoms with Crippen molar-refractivity contribution < 1.29 is 27.9 Å². The van der Waals surface area contributed by atoms with E-state index in [1.165, 1.54) is 5.32 Å². The number of hydrogen-bond acceptors (Lipinski definition) is 3. The summed E-state index contributed by atoms with van der Waals surface area (Å²) in [4.78, 5) is 22.7. The molecule has 0 aliphatic rings. The van der Waals surface area contributed by atoms with Crippen LogP contribution in [0.25, 0.3) is 0 Å². The lowest BCUT2D eigenvalue weighted by Gasteiger charge is -2.17. The minimum absolute atomic E-state index is 0.0931. The molecule has 0 aromatic rings. The molecule has 8 heteroatoms. The van der Waals surface area contributed by atoms with E-state index in [0.29, 0.717) is 0 Å². The van der Waals surface area contributed by atoms with Crippen LogP contribution >= 0.6 is 0 Å². The number of nitrogens with one attached hydrogen (secondary N) is 1. The molecule has 0 aliphatic carbocycles. The predicted molar refractivity (Wildman–Crippen MR) is 48.8 cm³/mol. The van der Waals surface area contributed by atoms with Gasteiger partial charge in [0.05, 0.1) is 0 Å². The molecule has 0 rings (SSSR count). The number of hydrogen-bond donors (Lipinski definition) is 2. The number of rotatable bonds is 5. The van der Waals surface area contributed by atoms with Crippen molar-refractivity contribution in [2.75, 3.05) is 20.6 Å². The quantitative estimate of drug-likeness (QED) is 0.715. The first kappa shape index (κ1) is 14.7. The third-order valence-corrected chi connectivity index (χ3v) is 1.73. The lowest BCUT2D eigenvalue weighted by atomic mass is 10.2. The van der Waals surface area contributed by atoms with Gasteiger partial charge in [-0.25, -0.2) is 4.79 Å². The van der Waals surface area contributed by atoms with Crippen LogP contribution in [0.5, 0.6) is 0 Å². The molecule has 16 heavy (non-hydrogen) atoms. The fourth-order valence-corrected chi connectivity index (χ4v) is 0.885. The summed E-state index contributed by atoms with van der Waals surface area (Å²) in [6.45, 7) is 0.259. The first-order chi connectivity index (χ1) is 7.14. The molecule has 1 atom stereocenters. The van der Waals surface area contributed by atoms with Crippen molar-refractivity contribution in [2.45, 2.75) is 18.6 Å². The molecular formula is C8H13F3N2O3. The molecule has 0 aromatic heterocycles. The van der Waals surface area contributed by atoms with E-state index in [-0.39, 0.29) is 13.0 Å². The Morgan fingerprint density at radius 3 is 2.19 bits per heavy atom. The summed E-state index contributed by atoms with van der Waals surface area (Å²) >= 11 is 0. The van der Waals surface area contributed by atoms with Crippen LogP contribution in [0, 0.1) is 0 Å². The summed E-state index contributed by atoms with van der Waals surface area (Å²) in [5.74, 6) is -3.72. The maximum Gasteiger partial charge on any atom is 0.471 e. The van der Waals surface area contributed by atoms with Gasteiger partial charge in [-0.15, -0.1) is 0 Å². The largest absolute Gasteiger partial charge is 0.480 e. The first-order valence-corrected chi connectivity index (χ1v) is 4.40. The number of carboxylic acid groups (broad SMARTS) is 1. The normalized spacial score (nSPS) is 13.6. The molecule has 0 aliphatic heterocycles. The number of halogens is 3. The van der Waals surface area contributed by atoms with Gasteiger partial charge < -0.3 is 15.3 Å². The molecule has 0 radical (unpaired) electrons. The molecule has 1 amide bonds. The van der Waals surface area contributed by atoms with Crippen LogP contribution in [-0.4, -0.2) is 54.7 Å². The van der Waals surface area contributed by atoms with Gasteiger partial charge in [0.1, 0.15) is 6.04 Å². The molecule has 2 N–H and O–H groups in total. The SMILES string of the molecule is CN(C)CCC(NC(=O)C(F)(F)F)C(=O)O. The molecule has 0 bridgehead atoms. The predicted octanol–water partition coefficient (Wildman–Crippen LogP) is 0.0698. The summed E-state index contributed by atoms with van der Waals surface area (Å²) in [5, 5.41) is 10.0. The number of carbonyl (C=O) groups excluding carboxylic acids is 1. The third kappa shape index (κ3) is 5.54. The van der Waals surface area contributed by atoms with E-state index in [2.05, 4.69) is 0 Å². The van der Waals surface area contributed by atoms with Crippen LogP contribution < -0.4 is 5.32 Å². The third-order valence-electron chi connectivity index (χ3n) is 1.73. The van der Waals surface area contributed by atoms with E-state index in [1.807, 2.05) is 0 Å². The Morgan fingerprint density at radius 1 is 1.38 bits per heavy atom. The van der Waals surface area contributed by atoms with Crippen molar-refractivity contribution in [2.24, 2.45) is 0 Å². The topological polar surface area (TPSA) is 69.6 Å². The zero-order chi connectivity index (χ0) is 12.9. The van der Waals surface area contributed by atoms with Gasteiger partial charge in [-0.2, -0.15) is 13.2 Å². The van der Waals surface area contributed by atoms with Crippen LogP contribution in [0.2, 0.25) is 0 Å². The lowest BCUT2D eigenvalue weighted by molar-refractivity contribution is -0.175. The molecule has 0 heterocycles. The average molecular weight is 242 g/mol. The van der Waals surface area contributed by atoms with E-state index >= 15 is 0 Å². The van der Waals surface area contributed by atoms with Crippen molar-refractivity contribution >= 4 is 11.9 Å². The van der Waals surface area contributed by atoms with Gasteiger partial charge in [-0.3, -0.25) is 4.79 Å². The second-order valence-corrected chi connectivity index (χ2v) is 3.45. The number of amides is 1. The zero-order valence-electron chi connectivity index (χ0n) is 8.84. The van der Waals surface area contributed by atoms with Gasteiger partial charge in [-0.05, 0) is 20.5 Å². The van der Waals surface area contributed by atoms with E-state index in [4.69, 9.17) is 5.11 Å². The van der Waals surface area contributed by atoms with Crippen LogP contribution in [-0.2, 0) is 9.59 Å². The van der Waals surface area contributed by atoms with Crippen LogP contribution in [0.3, 0.4) is 0 Å². The first-order valence-electron chi connectivity index (χ1n) is 4.40. The van der Waals surface area contributed by atoms with Crippen molar-refractivity contribution in [1.29, 1.82) is 0 Å². The molecule has 0 aromatic carbocycles. The van der Waals surface area contributed by atoms with Gasteiger partial charge in [0.15, 0.2) is 0 Å². The smallest absolute Gasteiger partial charge is 0.471 e. The van der Waals surface area contributed by atoms with E-state index in [0.717, 1.165) is 0 Å². The minimum Gasteiger partial charge on any atom is -0.480 e. The highest BCUT2D eigenvalue weighted by Crippen LogP contribution is 2.14. The Morgan fingerprint density at radius 2 is 1.88 bits per heavy atom. The molecule has 0 saturated carbocycles. The van der Waals surface area contributed by atoms with Gasteiger partial charge in [0.2, 0.25) is 0 Å². The number of carbonyl (C=O) groups is 2. The molecule has 0 fully saturated rings. The number of nitrogens with zero attached hydrogens (tertiary/aromatic N) is 1. The number of alkyl halides is 3. The Kier molecular flexibility index (Phi) is 5.22. The van der Waals surface area contributed by atoms with E-state index < -0.39 is 24.1 Å². The zero-order valence-corrected chi connectivity index (χ0v) is 8.84. The second-order valence-electron chi connectivity index (χ2n) is 3.45. The Labute approximate surface area is 90.2 Å². The van der Waals surface area contributed by atoms with Crippen LogP contribution in [0.15, 0.2) is 0 Å². The number of aliphatic carboxylic acids is 1. The van der Waals surface area contributed by atoms with Gasteiger partial charge >= 0.3 is 18.1 Å². The highest BCUT2D eigenvalue weighted by molar-refractivity contribution is 5.86. The summed E-state index contributed by atoms with van der Waals surface area (Å²) in [7, 11) is 3.29. The van der Waals surface area contributed by atoms with Crippen molar-refractivity contribution in [1.82, 2.24) is 10.2 Å². The Hall–Kier alpha value is -1.31.